The maximum atomic E-state index is 6.03. The van der Waals surface area contributed by atoms with Crippen molar-refractivity contribution < 1.29 is 14.2 Å². The average Bonchev–Trinajstić information content (AvgIpc) is 2.83. The van der Waals surface area contributed by atoms with Crippen LogP contribution in [0, 0.1) is 0 Å². The molecular weight excluding hydrogens is 420 g/mol. The highest BCUT2D eigenvalue weighted by molar-refractivity contribution is 5.95. The summed E-state index contributed by atoms with van der Waals surface area (Å²) in [6, 6.07) is 11.4. The Balaban J connectivity index is 1.56. The van der Waals surface area contributed by atoms with Crippen molar-refractivity contribution in [1.29, 1.82) is 0 Å². The van der Waals surface area contributed by atoms with Crippen LogP contribution in [0.15, 0.2) is 61.3 Å². The summed E-state index contributed by atoms with van der Waals surface area (Å²) in [5.41, 5.74) is 2.32. The third-order valence-corrected chi connectivity index (χ3v) is 4.84. The highest BCUT2D eigenvalue weighted by Crippen LogP contribution is 2.35. The molecule has 0 aliphatic rings. The molecular formula is C24H26N6O3. The molecule has 33 heavy (non-hydrogen) atoms. The second kappa shape index (κ2) is 10.6. The van der Waals surface area contributed by atoms with Crippen molar-refractivity contribution in [2.75, 3.05) is 39.7 Å². The molecule has 4 rings (SSSR count). The van der Waals surface area contributed by atoms with Gasteiger partial charge in [0.25, 0.3) is 0 Å². The van der Waals surface area contributed by atoms with E-state index in [1.165, 1.54) is 6.33 Å². The van der Waals surface area contributed by atoms with Crippen molar-refractivity contribution in [2.45, 2.75) is 6.61 Å². The van der Waals surface area contributed by atoms with Gasteiger partial charge in [-0.15, -0.1) is 0 Å². The number of ether oxygens (including phenoxy) is 3. The van der Waals surface area contributed by atoms with Gasteiger partial charge in [-0.05, 0) is 38.4 Å². The second-order valence-electron chi connectivity index (χ2n) is 7.50. The van der Waals surface area contributed by atoms with E-state index in [2.05, 4.69) is 30.2 Å². The van der Waals surface area contributed by atoms with E-state index < -0.39 is 0 Å². The van der Waals surface area contributed by atoms with Gasteiger partial charge in [-0.2, -0.15) is 0 Å². The number of likely N-dealkylation sites (N-methyl/N-ethyl adjacent to an activating group) is 1. The van der Waals surface area contributed by atoms with Crippen LogP contribution in [0.2, 0.25) is 0 Å². The van der Waals surface area contributed by atoms with Gasteiger partial charge in [0.2, 0.25) is 0 Å². The Morgan fingerprint density at radius 2 is 1.85 bits per heavy atom. The number of methoxy groups -OCH3 is 1. The Morgan fingerprint density at radius 3 is 2.64 bits per heavy atom. The topological polar surface area (TPSA) is 94.5 Å². The van der Waals surface area contributed by atoms with E-state index in [-0.39, 0.29) is 0 Å². The first-order chi connectivity index (χ1) is 16.1. The summed E-state index contributed by atoms with van der Waals surface area (Å²) in [5, 5.41) is 4.18. The van der Waals surface area contributed by atoms with E-state index in [1.54, 1.807) is 25.7 Å². The average molecular weight is 447 g/mol. The Bertz CT molecular complexity index is 1200. The highest BCUT2D eigenvalue weighted by atomic mass is 16.5. The molecule has 4 aromatic rings. The maximum Gasteiger partial charge on any atom is 0.162 e. The summed E-state index contributed by atoms with van der Waals surface area (Å²) < 4.78 is 17.4. The lowest BCUT2D eigenvalue weighted by atomic mass is 10.2. The number of nitrogens with one attached hydrogen (secondary N) is 1. The lowest BCUT2D eigenvalue weighted by molar-refractivity contribution is 0.263. The molecule has 0 radical (unpaired) electrons. The SMILES string of the molecule is COc1cc(Nc2ncnc3cccc(OCCN(C)C)c23)ccc1OCc1cnccn1. The zero-order valence-corrected chi connectivity index (χ0v) is 18.9. The second-order valence-corrected chi connectivity index (χ2v) is 7.50. The molecule has 0 atom stereocenters. The van der Waals surface area contributed by atoms with E-state index in [0.717, 1.165) is 34.6 Å². The maximum absolute atomic E-state index is 6.03. The predicted molar refractivity (Wildman–Crippen MR) is 126 cm³/mol. The van der Waals surface area contributed by atoms with Crippen molar-refractivity contribution in [1.82, 2.24) is 24.8 Å². The van der Waals surface area contributed by atoms with Crippen LogP contribution in [0.3, 0.4) is 0 Å². The number of nitrogens with zero attached hydrogens (tertiary/aromatic N) is 5. The number of benzene rings is 2. The van der Waals surface area contributed by atoms with Gasteiger partial charge in [0.1, 0.15) is 31.1 Å². The van der Waals surface area contributed by atoms with Gasteiger partial charge < -0.3 is 24.4 Å². The first-order valence-electron chi connectivity index (χ1n) is 10.5. The van der Waals surface area contributed by atoms with Crippen molar-refractivity contribution in [3.8, 4) is 17.2 Å². The Kier molecular flexibility index (Phi) is 7.11. The van der Waals surface area contributed by atoms with E-state index in [0.29, 0.717) is 30.5 Å². The van der Waals surface area contributed by atoms with Gasteiger partial charge in [0.05, 0.1) is 29.9 Å². The molecule has 2 aromatic heterocycles. The minimum absolute atomic E-state index is 0.293. The highest BCUT2D eigenvalue weighted by Gasteiger charge is 2.13. The number of anilines is 2. The molecule has 9 heteroatoms. The van der Waals surface area contributed by atoms with Crippen LogP contribution in [0.4, 0.5) is 11.5 Å². The van der Waals surface area contributed by atoms with Crippen molar-refractivity contribution >= 4 is 22.4 Å². The van der Waals surface area contributed by atoms with Crippen molar-refractivity contribution in [3.63, 3.8) is 0 Å². The fourth-order valence-corrected chi connectivity index (χ4v) is 3.19. The van der Waals surface area contributed by atoms with Crippen molar-refractivity contribution in [3.05, 3.63) is 67.0 Å². The normalized spacial score (nSPS) is 10.9. The molecule has 0 bridgehead atoms. The molecule has 0 amide bonds. The van der Waals surface area contributed by atoms with Crippen LogP contribution >= 0.6 is 0 Å². The van der Waals surface area contributed by atoms with Gasteiger partial charge in [-0.25, -0.2) is 9.97 Å². The molecule has 0 fully saturated rings. The van der Waals surface area contributed by atoms with Gasteiger partial charge in [0.15, 0.2) is 11.5 Å². The fraction of sp³-hybridized carbons (Fsp3) is 0.250. The minimum atomic E-state index is 0.293. The molecule has 0 saturated carbocycles. The lowest BCUT2D eigenvalue weighted by Gasteiger charge is -2.16. The third-order valence-electron chi connectivity index (χ3n) is 4.84. The molecule has 9 nitrogen and oxygen atoms in total. The van der Waals surface area contributed by atoms with E-state index in [4.69, 9.17) is 14.2 Å². The molecule has 2 aromatic carbocycles. The standard InChI is InChI=1S/C24H26N6O3/c1-30(2)11-12-32-21-6-4-5-19-23(21)24(28-16-27-19)29-17-7-8-20(22(13-17)31-3)33-15-18-14-25-9-10-26-18/h4-10,13-14,16H,11-12,15H2,1-3H3,(H,27,28,29). The van der Waals surface area contributed by atoms with Crippen LogP contribution in [0.5, 0.6) is 17.2 Å². The number of rotatable bonds is 10. The van der Waals surface area contributed by atoms with E-state index >= 15 is 0 Å². The lowest BCUT2D eigenvalue weighted by Crippen LogP contribution is -2.19. The summed E-state index contributed by atoms with van der Waals surface area (Å²) in [7, 11) is 5.62. The Hall–Kier alpha value is -3.98. The summed E-state index contributed by atoms with van der Waals surface area (Å²) in [4.78, 5) is 19.2. The Morgan fingerprint density at radius 1 is 0.939 bits per heavy atom. The van der Waals surface area contributed by atoms with Gasteiger partial charge in [-0.1, -0.05) is 6.07 Å². The number of hydrogen-bond acceptors (Lipinski definition) is 9. The summed E-state index contributed by atoms with van der Waals surface area (Å²) in [6.07, 6.45) is 6.46. The summed E-state index contributed by atoms with van der Waals surface area (Å²) in [5.74, 6) is 2.57. The molecule has 0 spiro atoms. The van der Waals surface area contributed by atoms with Gasteiger partial charge >= 0.3 is 0 Å². The molecule has 0 saturated heterocycles. The summed E-state index contributed by atoms with van der Waals surface area (Å²) >= 11 is 0. The first kappa shape index (κ1) is 22.2. The fourth-order valence-electron chi connectivity index (χ4n) is 3.19. The van der Waals surface area contributed by atoms with E-state index in [1.807, 2.05) is 50.5 Å². The van der Waals surface area contributed by atoms with Crippen LogP contribution in [-0.4, -0.2) is 59.2 Å². The first-order valence-corrected chi connectivity index (χ1v) is 10.5. The molecule has 170 valence electrons. The van der Waals surface area contributed by atoms with Gasteiger partial charge in [-0.3, -0.25) is 9.97 Å². The minimum Gasteiger partial charge on any atom is -0.493 e. The molecule has 2 heterocycles. The molecule has 0 aliphatic heterocycles. The number of fused-ring (bicyclic) bond motifs is 1. The van der Waals surface area contributed by atoms with E-state index in [9.17, 15) is 0 Å². The zero-order chi connectivity index (χ0) is 23.0. The molecule has 1 N–H and O–H groups in total. The third kappa shape index (κ3) is 5.64. The number of hydrogen-bond donors (Lipinski definition) is 1. The predicted octanol–water partition coefficient (Wildman–Crippen LogP) is 3.69. The molecule has 0 aliphatic carbocycles. The van der Waals surface area contributed by atoms with Crippen LogP contribution in [-0.2, 0) is 6.61 Å². The zero-order valence-electron chi connectivity index (χ0n) is 18.9. The smallest absolute Gasteiger partial charge is 0.162 e. The molecule has 0 unspecified atom stereocenters. The monoisotopic (exact) mass is 446 g/mol. The van der Waals surface area contributed by atoms with Gasteiger partial charge in [0, 0.05) is 30.7 Å². The number of aromatic nitrogens is 4. The van der Waals surface area contributed by atoms with Crippen molar-refractivity contribution in [2.24, 2.45) is 0 Å². The van der Waals surface area contributed by atoms with Crippen LogP contribution < -0.4 is 19.5 Å². The van der Waals surface area contributed by atoms with Crippen LogP contribution in [0.1, 0.15) is 5.69 Å². The quantitative estimate of drug-likeness (QED) is 0.391. The summed E-state index contributed by atoms with van der Waals surface area (Å²) in [6.45, 7) is 1.66. The largest absolute Gasteiger partial charge is 0.493 e. The van der Waals surface area contributed by atoms with Crippen LogP contribution in [0.25, 0.3) is 10.9 Å². The Labute approximate surface area is 192 Å².